The highest BCUT2D eigenvalue weighted by molar-refractivity contribution is 5.75. The molecule has 140 valence electrons. The van der Waals surface area contributed by atoms with E-state index in [9.17, 15) is 4.79 Å². The summed E-state index contributed by atoms with van der Waals surface area (Å²) in [6.45, 7) is 10.4. The number of fused-ring (bicyclic) bond motifs is 3. The fourth-order valence-electron chi connectivity index (χ4n) is 3.24. The summed E-state index contributed by atoms with van der Waals surface area (Å²) in [4.78, 5) is 21.8. The van der Waals surface area contributed by atoms with Gasteiger partial charge in [-0.1, -0.05) is 6.92 Å². The Morgan fingerprint density at radius 2 is 2.08 bits per heavy atom. The molecule has 1 fully saturated rings. The summed E-state index contributed by atoms with van der Waals surface area (Å²) in [7, 11) is 0. The van der Waals surface area contributed by atoms with Crippen LogP contribution in [0.15, 0.2) is 24.7 Å². The molecule has 3 aromatic heterocycles. The van der Waals surface area contributed by atoms with Crippen LogP contribution in [0, 0.1) is 5.92 Å². The van der Waals surface area contributed by atoms with E-state index in [1.54, 1.807) is 0 Å². The molecular formula is C19H27N5O2. The maximum atomic E-state index is 9.60. The third-order valence-corrected chi connectivity index (χ3v) is 4.65. The molecule has 2 atom stereocenters. The van der Waals surface area contributed by atoms with Crippen LogP contribution >= 0.6 is 0 Å². The summed E-state index contributed by atoms with van der Waals surface area (Å²) in [6.07, 6.45) is 6.96. The fourth-order valence-corrected chi connectivity index (χ4v) is 3.24. The van der Waals surface area contributed by atoms with Gasteiger partial charge in [0, 0.05) is 18.7 Å². The first-order chi connectivity index (χ1) is 12.4. The summed E-state index contributed by atoms with van der Waals surface area (Å²) in [6, 6.07) is 2.07. The summed E-state index contributed by atoms with van der Waals surface area (Å²) in [5, 5.41) is 3.48. The lowest BCUT2D eigenvalue weighted by Gasteiger charge is -2.28. The minimum absolute atomic E-state index is 0.318. The zero-order valence-electron chi connectivity index (χ0n) is 15.8. The van der Waals surface area contributed by atoms with Gasteiger partial charge in [0.25, 0.3) is 6.47 Å². The number of hydrogen-bond donors (Lipinski definition) is 2. The molecule has 7 nitrogen and oxygen atoms in total. The molecule has 4 heterocycles. The molecule has 2 unspecified atom stereocenters. The van der Waals surface area contributed by atoms with Crippen LogP contribution in [0.25, 0.3) is 16.7 Å². The second-order valence-electron chi connectivity index (χ2n) is 7.75. The first-order valence-corrected chi connectivity index (χ1v) is 9.02. The predicted molar refractivity (Wildman–Crippen MR) is 101 cm³/mol. The molecule has 0 radical (unpaired) electrons. The van der Waals surface area contributed by atoms with E-state index < -0.39 is 0 Å². The van der Waals surface area contributed by atoms with E-state index in [-0.39, 0.29) is 5.60 Å². The van der Waals surface area contributed by atoms with Crippen molar-refractivity contribution in [3.63, 3.8) is 0 Å². The van der Waals surface area contributed by atoms with E-state index in [4.69, 9.17) is 0 Å². The van der Waals surface area contributed by atoms with Crippen LogP contribution < -0.4 is 5.32 Å². The average Bonchev–Trinajstić information content (AvgIpc) is 3.20. The van der Waals surface area contributed by atoms with Crippen molar-refractivity contribution in [1.29, 1.82) is 0 Å². The topological polar surface area (TPSA) is 84.3 Å². The lowest BCUT2D eigenvalue weighted by molar-refractivity contribution is -0.138. The smallest absolute Gasteiger partial charge is 0.293 e. The Balaban J connectivity index is 0.000000242. The van der Waals surface area contributed by atoms with Gasteiger partial charge in [-0.3, -0.25) is 9.20 Å². The number of carbonyl (C=O) groups excluding carboxylic acids is 1. The Hall–Kier alpha value is -2.41. The van der Waals surface area contributed by atoms with Crippen molar-refractivity contribution in [2.45, 2.75) is 45.6 Å². The zero-order chi connectivity index (χ0) is 18.7. The van der Waals surface area contributed by atoms with Crippen molar-refractivity contribution < 1.29 is 9.53 Å². The lowest BCUT2D eigenvalue weighted by Crippen LogP contribution is -2.34. The first kappa shape index (κ1) is 18.4. The monoisotopic (exact) mass is 357 g/mol. The van der Waals surface area contributed by atoms with Crippen molar-refractivity contribution in [1.82, 2.24) is 24.7 Å². The summed E-state index contributed by atoms with van der Waals surface area (Å²) >= 11 is 0. The van der Waals surface area contributed by atoms with Gasteiger partial charge in [0.2, 0.25) is 0 Å². The number of aromatic amines is 1. The van der Waals surface area contributed by atoms with Gasteiger partial charge < -0.3 is 15.0 Å². The first-order valence-electron chi connectivity index (χ1n) is 9.02. The predicted octanol–water partition coefficient (Wildman–Crippen LogP) is 2.88. The Bertz CT molecular complexity index is 877. The number of nitrogens with zero attached hydrogens (tertiary/aromatic N) is 3. The van der Waals surface area contributed by atoms with Gasteiger partial charge >= 0.3 is 0 Å². The molecule has 0 amide bonds. The molecule has 26 heavy (non-hydrogen) atoms. The maximum Gasteiger partial charge on any atom is 0.293 e. The summed E-state index contributed by atoms with van der Waals surface area (Å²) in [5.74, 6) is 2.28. The fraction of sp³-hybridized carbons (Fsp3) is 0.526. The van der Waals surface area contributed by atoms with E-state index in [1.165, 1.54) is 6.42 Å². The van der Waals surface area contributed by atoms with E-state index in [0.29, 0.717) is 18.3 Å². The highest BCUT2D eigenvalue weighted by atomic mass is 16.5. The Kier molecular flexibility index (Phi) is 5.27. The highest BCUT2D eigenvalue weighted by Gasteiger charge is 2.26. The standard InChI is InChI=1S/C14H17N5.C5H10O2/c1-9-2-4-15-8-11(9)14-18-7-10-6-17-13-12(19(10)14)3-5-16-13;1-5(2,3)7-4-6/h3,5-7,9,11,15-16H,2,4,8H2,1H3;4H,1-3H3. The van der Waals surface area contributed by atoms with Gasteiger partial charge in [-0.25, -0.2) is 9.97 Å². The second-order valence-corrected chi connectivity index (χ2v) is 7.75. The van der Waals surface area contributed by atoms with Gasteiger partial charge in [-0.05, 0) is 45.7 Å². The molecule has 0 spiro atoms. The summed E-state index contributed by atoms with van der Waals surface area (Å²) in [5.41, 5.74) is 2.78. The minimum atomic E-state index is -0.318. The number of carbonyl (C=O) groups is 1. The number of aromatic nitrogens is 4. The molecule has 0 aromatic carbocycles. The number of ether oxygens (including phenoxy) is 1. The maximum absolute atomic E-state index is 9.60. The van der Waals surface area contributed by atoms with Crippen LogP contribution in [-0.4, -0.2) is 44.5 Å². The number of imidazole rings is 1. The van der Waals surface area contributed by atoms with Gasteiger partial charge in [-0.2, -0.15) is 0 Å². The van der Waals surface area contributed by atoms with Gasteiger partial charge in [-0.15, -0.1) is 0 Å². The van der Waals surface area contributed by atoms with Crippen molar-refractivity contribution in [2.24, 2.45) is 5.92 Å². The van der Waals surface area contributed by atoms with Crippen LogP contribution in [0.2, 0.25) is 0 Å². The quantitative estimate of drug-likeness (QED) is 0.689. The van der Waals surface area contributed by atoms with Crippen LogP contribution in [-0.2, 0) is 9.53 Å². The second kappa shape index (κ2) is 7.45. The van der Waals surface area contributed by atoms with Crippen molar-refractivity contribution in [3.05, 3.63) is 30.5 Å². The summed E-state index contributed by atoms with van der Waals surface area (Å²) < 4.78 is 6.79. The molecule has 0 aliphatic carbocycles. The zero-order valence-corrected chi connectivity index (χ0v) is 15.8. The van der Waals surface area contributed by atoms with Crippen LogP contribution in [0.1, 0.15) is 45.9 Å². The molecule has 7 heteroatoms. The van der Waals surface area contributed by atoms with Gasteiger partial charge in [0.15, 0.2) is 5.65 Å². The third-order valence-electron chi connectivity index (χ3n) is 4.65. The molecule has 0 saturated carbocycles. The SMILES string of the molecule is CC(C)(C)OC=O.CC1CCNCC1c1ncc2cnc3[nH]ccc3n12. The highest BCUT2D eigenvalue weighted by Crippen LogP contribution is 2.29. The van der Waals surface area contributed by atoms with Crippen LogP contribution in [0.5, 0.6) is 0 Å². The Morgan fingerprint density at radius 1 is 1.31 bits per heavy atom. The minimum Gasteiger partial charge on any atom is -0.462 e. The van der Waals surface area contributed by atoms with E-state index >= 15 is 0 Å². The molecule has 3 aromatic rings. The number of piperidine rings is 1. The molecule has 1 saturated heterocycles. The van der Waals surface area contributed by atoms with E-state index in [1.807, 2.05) is 39.4 Å². The average molecular weight is 357 g/mol. The van der Waals surface area contributed by atoms with Crippen molar-refractivity contribution in [2.75, 3.05) is 13.1 Å². The number of rotatable bonds is 2. The van der Waals surface area contributed by atoms with Gasteiger partial charge in [0.05, 0.1) is 23.4 Å². The van der Waals surface area contributed by atoms with Gasteiger partial charge in [0.1, 0.15) is 11.4 Å². The van der Waals surface area contributed by atoms with Crippen LogP contribution in [0.3, 0.4) is 0 Å². The Morgan fingerprint density at radius 3 is 2.73 bits per heavy atom. The molecule has 2 N–H and O–H groups in total. The Labute approximate surface area is 153 Å². The molecule has 1 aliphatic rings. The van der Waals surface area contributed by atoms with Crippen LogP contribution in [0.4, 0.5) is 0 Å². The lowest BCUT2D eigenvalue weighted by atomic mass is 9.87. The molecule has 0 bridgehead atoms. The number of nitrogens with one attached hydrogen (secondary N) is 2. The largest absolute Gasteiger partial charge is 0.462 e. The molecular weight excluding hydrogens is 330 g/mol. The van der Waals surface area contributed by atoms with E-state index in [0.717, 1.165) is 35.6 Å². The molecule has 4 rings (SSSR count). The van der Waals surface area contributed by atoms with E-state index in [2.05, 4.69) is 42.4 Å². The molecule has 1 aliphatic heterocycles. The third kappa shape index (κ3) is 3.88. The van der Waals surface area contributed by atoms with Crippen molar-refractivity contribution >= 4 is 23.2 Å². The number of H-pyrrole nitrogens is 1. The normalized spacial score (nSPS) is 20.6. The van der Waals surface area contributed by atoms with Crippen molar-refractivity contribution in [3.8, 4) is 0 Å². The number of hydrogen-bond acceptors (Lipinski definition) is 5.